The van der Waals surface area contributed by atoms with Crippen LogP contribution in [0.25, 0.3) is 0 Å². The Labute approximate surface area is 103 Å². The zero-order valence-electron chi connectivity index (χ0n) is 12.4. The van der Waals surface area contributed by atoms with Gasteiger partial charge >= 0.3 is 0 Å². The lowest BCUT2D eigenvalue weighted by Gasteiger charge is -2.48. The molecule has 98 valence electrons. The van der Waals surface area contributed by atoms with Crippen LogP contribution in [0.5, 0.6) is 0 Å². The van der Waals surface area contributed by atoms with Crippen molar-refractivity contribution in [3.63, 3.8) is 0 Å². The highest BCUT2D eigenvalue weighted by atomic mass is 15.2. The number of likely N-dealkylation sites (N-methyl/N-ethyl adjacent to an activating group) is 2. The van der Waals surface area contributed by atoms with Crippen LogP contribution in [0.1, 0.15) is 54.4 Å². The first kappa shape index (κ1) is 15.9. The predicted molar refractivity (Wildman–Crippen MR) is 73.9 cm³/mol. The summed E-state index contributed by atoms with van der Waals surface area (Å²) in [5, 5.41) is 3.55. The summed E-state index contributed by atoms with van der Waals surface area (Å²) >= 11 is 0. The van der Waals surface area contributed by atoms with Gasteiger partial charge < -0.3 is 5.32 Å². The van der Waals surface area contributed by atoms with Crippen molar-refractivity contribution in [1.29, 1.82) is 0 Å². The summed E-state index contributed by atoms with van der Waals surface area (Å²) in [5.41, 5.74) is 0.272. The molecule has 0 bridgehead atoms. The Morgan fingerprint density at radius 3 is 1.88 bits per heavy atom. The molecule has 0 aromatic heterocycles. The molecule has 0 aromatic carbocycles. The molecular weight excluding hydrogens is 196 g/mol. The molecule has 0 saturated carbocycles. The third-order valence-corrected chi connectivity index (χ3v) is 4.40. The van der Waals surface area contributed by atoms with Crippen molar-refractivity contribution in [3.8, 4) is 0 Å². The Kier molecular flexibility index (Phi) is 7.25. The van der Waals surface area contributed by atoms with Gasteiger partial charge in [-0.3, -0.25) is 4.90 Å². The van der Waals surface area contributed by atoms with Crippen LogP contribution in [0.2, 0.25) is 0 Å². The molecule has 16 heavy (non-hydrogen) atoms. The molecule has 0 aliphatic carbocycles. The first-order chi connectivity index (χ1) is 7.51. The predicted octanol–water partition coefficient (Wildman–Crippen LogP) is 3.13. The Hall–Kier alpha value is -0.0800. The van der Waals surface area contributed by atoms with Crippen LogP contribution >= 0.6 is 0 Å². The minimum atomic E-state index is 0.272. The van der Waals surface area contributed by atoms with E-state index in [1.54, 1.807) is 0 Å². The second-order valence-electron chi connectivity index (χ2n) is 5.03. The van der Waals surface area contributed by atoms with Gasteiger partial charge in [0.25, 0.3) is 0 Å². The van der Waals surface area contributed by atoms with Crippen molar-refractivity contribution in [2.45, 2.75) is 66.0 Å². The lowest BCUT2D eigenvalue weighted by molar-refractivity contribution is 0.0512. The molecule has 0 heterocycles. The largest absolute Gasteiger partial charge is 0.315 e. The van der Waals surface area contributed by atoms with E-state index in [-0.39, 0.29) is 5.54 Å². The van der Waals surface area contributed by atoms with Crippen LogP contribution in [0, 0.1) is 5.92 Å². The minimum absolute atomic E-state index is 0.272. The van der Waals surface area contributed by atoms with Gasteiger partial charge in [0, 0.05) is 11.6 Å². The van der Waals surface area contributed by atoms with Gasteiger partial charge in [0.15, 0.2) is 0 Å². The Morgan fingerprint density at radius 2 is 1.62 bits per heavy atom. The van der Waals surface area contributed by atoms with Crippen LogP contribution in [0.4, 0.5) is 0 Å². The minimum Gasteiger partial charge on any atom is -0.315 e. The van der Waals surface area contributed by atoms with E-state index >= 15 is 0 Å². The number of nitrogens with zero attached hydrogens (tertiary/aromatic N) is 1. The molecular formula is C14H32N2. The molecule has 0 aliphatic rings. The van der Waals surface area contributed by atoms with E-state index in [0.717, 1.165) is 19.0 Å². The molecule has 2 heteroatoms. The van der Waals surface area contributed by atoms with E-state index in [1.807, 2.05) is 0 Å². The van der Waals surface area contributed by atoms with Crippen molar-refractivity contribution in [2.24, 2.45) is 5.92 Å². The van der Waals surface area contributed by atoms with E-state index in [0.29, 0.717) is 6.04 Å². The van der Waals surface area contributed by atoms with Gasteiger partial charge in [0.05, 0.1) is 0 Å². The second kappa shape index (κ2) is 7.29. The molecule has 0 aromatic rings. The third-order valence-electron chi connectivity index (χ3n) is 4.40. The smallest absolute Gasteiger partial charge is 0.0334 e. The van der Waals surface area contributed by atoms with Crippen molar-refractivity contribution < 1.29 is 0 Å². The van der Waals surface area contributed by atoms with Crippen molar-refractivity contribution >= 4 is 0 Å². The summed E-state index contributed by atoms with van der Waals surface area (Å²) in [7, 11) is 2.11. The molecule has 0 saturated heterocycles. The standard InChI is InChI=1S/C14H32N2/c1-8-12(5)13(15-7)14(6,9-2)16(10-3)11-4/h12-13,15H,8-11H2,1-7H3. The lowest BCUT2D eigenvalue weighted by atomic mass is 9.79. The summed E-state index contributed by atoms with van der Waals surface area (Å²) in [6.45, 7) is 16.2. The average molecular weight is 228 g/mol. The van der Waals surface area contributed by atoms with E-state index < -0.39 is 0 Å². The molecule has 0 rings (SSSR count). The second-order valence-corrected chi connectivity index (χ2v) is 5.03. The molecule has 0 aliphatic heterocycles. The summed E-state index contributed by atoms with van der Waals surface area (Å²) in [6.07, 6.45) is 2.44. The van der Waals surface area contributed by atoms with Gasteiger partial charge in [-0.1, -0.05) is 41.0 Å². The third kappa shape index (κ3) is 3.21. The SMILES string of the molecule is CCC(C)C(NC)C(C)(CC)N(CC)CC. The van der Waals surface area contributed by atoms with E-state index in [4.69, 9.17) is 0 Å². The van der Waals surface area contributed by atoms with E-state index in [1.165, 1.54) is 12.8 Å². The lowest BCUT2D eigenvalue weighted by Crippen LogP contribution is -2.60. The Balaban J connectivity index is 5.01. The first-order valence-corrected chi connectivity index (χ1v) is 6.93. The number of rotatable bonds is 8. The van der Waals surface area contributed by atoms with Gasteiger partial charge in [-0.15, -0.1) is 0 Å². The van der Waals surface area contributed by atoms with Crippen LogP contribution < -0.4 is 5.32 Å². The van der Waals surface area contributed by atoms with Crippen molar-refractivity contribution in [1.82, 2.24) is 10.2 Å². The van der Waals surface area contributed by atoms with Gasteiger partial charge in [-0.05, 0) is 39.4 Å². The highest BCUT2D eigenvalue weighted by molar-refractivity contribution is 4.97. The van der Waals surface area contributed by atoms with Crippen LogP contribution in [-0.4, -0.2) is 36.6 Å². The van der Waals surface area contributed by atoms with E-state index in [9.17, 15) is 0 Å². The van der Waals surface area contributed by atoms with Crippen LogP contribution in [-0.2, 0) is 0 Å². The fraction of sp³-hybridized carbons (Fsp3) is 1.00. The summed E-state index contributed by atoms with van der Waals surface area (Å²) in [5.74, 6) is 0.718. The highest BCUT2D eigenvalue weighted by Crippen LogP contribution is 2.29. The molecule has 0 spiro atoms. The monoisotopic (exact) mass is 228 g/mol. The maximum Gasteiger partial charge on any atom is 0.0334 e. The molecule has 2 nitrogen and oxygen atoms in total. The van der Waals surface area contributed by atoms with Crippen LogP contribution in [0.15, 0.2) is 0 Å². The van der Waals surface area contributed by atoms with Crippen molar-refractivity contribution in [2.75, 3.05) is 20.1 Å². The Bertz CT molecular complexity index is 178. The number of nitrogens with one attached hydrogen (secondary N) is 1. The highest BCUT2D eigenvalue weighted by Gasteiger charge is 2.38. The Morgan fingerprint density at radius 1 is 1.12 bits per heavy atom. The molecule has 1 N–H and O–H groups in total. The number of hydrogen-bond acceptors (Lipinski definition) is 2. The molecule has 0 fully saturated rings. The average Bonchev–Trinajstić information content (AvgIpc) is 2.30. The van der Waals surface area contributed by atoms with Gasteiger partial charge in [0.2, 0.25) is 0 Å². The fourth-order valence-corrected chi connectivity index (χ4v) is 3.03. The summed E-state index contributed by atoms with van der Waals surface area (Å²) < 4.78 is 0. The summed E-state index contributed by atoms with van der Waals surface area (Å²) in [4.78, 5) is 2.60. The quantitative estimate of drug-likeness (QED) is 0.686. The summed E-state index contributed by atoms with van der Waals surface area (Å²) in [6, 6.07) is 0.572. The normalized spacial score (nSPS) is 19.5. The fourth-order valence-electron chi connectivity index (χ4n) is 3.03. The maximum atomic E-state index is 3.55. The van der Waals surface area contributed by atoms with Crippen LogP contribution in [0.3, 0.4) is 0 Å². The molecule has 3 atom stereocenters. The van der Waals surface area contributed by atoms with Crippen molar-refractivity contribution in [3.05, 3.63) is 0 Å². The molecule has 3 unspecified atom stereocenters. The van der Waals surface area contributed by atoms with E-state index in [2.05, 4.69) is 58.8 Å². The zero-order valence-corrected chi connectivity index (χ0v) is 12.4. The topological polar surface area (TPSA) is 15.3 Å². The molecule has 0 radical (unpaired) electrons. The zero-order chi connectivity index (χ0) is 12.8. The van der Waals surface area contributed by atoms with Gasteiger partial charge in [-0.2, -0.15) is 0 Å². The molecule has 0 amide bonds. The van der Waals surface area contributed by atoms with Gasteiger partial charge in [0.1, 0.15) is 0 Å². The van der Waals surface area contributed by atoms with Gasteiger partial charge in [-0.25, -0.2) is 0 Å². The number of hydrogen-bond donors (Lipinski definition) is 1. The first-order valence-electron chi connectivity index (χ1n) is 6.93. The maximum absolute atomic E-state index is 3.55.